The molecule has 0 saturated heterocycles. The van der Waals surface area contributed by atoms with Crippen molar-refractivity contribution in [3.8, 4) is 0 Å². The number of halogens is 4. The normalized spacial score (nSPS) is 11.5. The molecule has 0 radical (unpaired) electrons. The molecule has 0 aliphatic heterocycles. The molecule has 0 aliphatic rings. The number of hydrogen-bond donors (Lipinski definition) is 0. The number of ketones is 1. The van der Waals surface area contributed by atoms with E-state index < -0.39 is 12.0 Å². The van der Waals surface area contributed by atoms with Gasteiger partial charge in [-0.05, 0) is 30.7 Å². The van der Waals surface area contributed by atoms with Crippen LogP contribution in [0.4, 0.5) is 13.2 Å². The van der Waals surface area contributed by atoms with E-state index in [4.69, 9.17) is 0 Å². The van der Waals surface area contributed by atoms with Crippen LogP contribution < -0.4 is 0 Å². The summed E-state index contributed by atoms with van der Waals surface area (Å²) in [5, 5.41) is 0. The number of rotatable bonds is 1. The fourth-order valence-corrected chi connectivity index (χ4v) is 1.64. The Morgan fingerprint density at radius 3 is 2.29 bits per heavy atom. The van der Waals surface area contributed by atoms with Crippen LogP contribution in [0.25, 0.3) is 0 Å². The van der Waals surface area contributed by atoms with Crippen LogP contribution >= 0.6 is 15.9 Å². The summed E-state index contributed by atoms with van der Waals surface area (Å²) >= 11 is 3.03. The maximum absolute atomic E-state index is 12.0. The molecule has 1 aromatic rings. The van der Waals surface area contributed by atoms with Crippen LogP contribution in [0, 0.1) is 6.92 Å². The van der Waals surface area contributed by atoms with Crippen LogP contribution in [0.5, 0.6) is 0 Å². The summed E-state index contributed by atoms with van der Waals surface area (Å²) in [4.78, 5) is 10.8. The highest BCUT2D eigenvalue weighted by molar-refractivity contribution is 9.10. The van der Waals surface area contributed by atoms with Gasteiger partial charge in [-0.2, -0.15) is 13.2 Å². The van der Waals surface area contributed by atoms with Crippen molar-refractivity contribution in [2.75, 3.05) is 0 Å². The third-order valence-corrected chi connectivity index (χ3v) is 2.02. The lowest BCUT2D eigenvalue weighted by Gasteiger charge is -2.06. The zero-order valence-electron chi connectivity index (χ0n) is 7.15. The molecule has 0 spiro atoms. The Morgan fingerprint density at radius 2 is 1.86 bits per heavy atom. The average Bonchev–Trinajstić information content (AvgIpc) is 1.99. The zero-order valence-corrected chi connectivity index (χ0v) is 8.74. The minimum atomic E-state index is -4.81. The van der Waals surface area contributed by atoms with E-state index in [9.17, 15) is 18.0 Å². The van der Waals surface area contributed by atoms with Gasteiger partial charge in [0.25, 0.3) is 5.78 Å². The second kappa shape index (κ2) is 3.73. The largest absolute Gasteiger partial charge is 0.454 e. The molecule has 0 N–H and O–H groups in total. The van der Waals surface area contributed by atoms with Gasteiger partial charge in [-0.25, -0.2) is 0 Å². The fourth-order valence-electron chi connectivity index (χ4n) is 1.03. The van der Waals surface area contributed by atoms with E-state index in [1.807, 2.05) is 0 Å². The van der Waals surface area contributed by atoms with E-state index in [1.54, 1.807) is 13.0 Å². The SMILES string of the molecule is Cc1cc(Br)cc(C(=O)C(F)(F)F)c1. The van der Waals surface area contributed by atoms with Gasteiger partial charge in [-0.1, -0.05) is 15.9 Å². The van der Waals surface area contributed by atoms with Gasteiger partial charge in [0, 0.05) is 10.0 Å². The molecule has 0 aliphatic carbocycles. The number of carbonyl (C=O) groups excluding carboxylic acids is 1. The van der Waals surface area contributed by atoms with Gasteiger partial charge in [0.05, 0.1) is 0 Å². The highest BCUT2D eigenvalue weighted by atomic mass is 79.9. The lowest BCUT2D eigenvalue weighted by Crippen LogP contribution is -2.22. The van der Waals surface area contributed by atoms with Gasteiger partial charge in [0.1, 0.15) is 0 Å². The predicted molar refractivity (Wildman–Crippen MR) is 49.3 cm³/mol. The summed E-state index contributed by atoms with van der Waals surface area (Å²) in [7, 11) is 0. The Bertz CT molecular complexity index is 351. The lowest BCUT2D eigenvalue weighted by molar-refractivity contribution is -0.0885. The van der Waals surface area contributed by atoms with E-state index in [-0.39, 0.29) is 5.56 Å². The van der Waals surface area contributed by atoms with Crippen molar-refractivity contribution in [1.29, 1.82) is 0 Å². The minimum absolute atomic E-state index is 0.343. The van der Waals surface area contributed by atoms with Crippen molar-refractivity contribution in [2.45, 2.75) is 13.1 Å². The van der Waals surface area contributed by atoms with Crippen molar-refractivity contribution in [1.82, 2.24) is 0 Å². The van der Waals surface area contributed by atoms with Crippen LogP contribution in [-0.4, -0.2) is 12.0 Å². The van der Waals surface area contributed by atoms with Gasteiger partial charge in [-0.3, -0.25) is 4.79 Å². The van der Waals surface area contributed by atoms with E-state index in [0.29, 0.717) is 10.0 Å². The van der Waals surface area contributed by atoms with Crippen molar-refractivity contribution < 1.29 is 18.0 Å². The third-order valence-electron chi connectivity index (χ3n) is 1.56. The Kier molecular flexibility index (Phi) is 2.99. The van der Waals surface area contributed by atoms with E-state index in [2.05, 4.69) is 15.9 Å². The van der Waals surface area contributed by atoms with Crippen LogP contribution in [-0.2, 0) is 0 Å². The smallest absolute Gasteiger partial charge is 0.284 e. The second-order valence-corrected chi connectivity index (χ2v) is 3.76. The van der Waals surface area contributed by atoms with Crippen LogP contribution in [0.2, 0.25) is 0 Å². The molecule has 0 fully saturated rings. The summed E-state index contributed by atoms with van der Waals surface area (Å²) < 4.78 is 36.6. The van der Waals surface area contributed by atoms with Gasteiger partial charge in [0.15, 0.2) is 0 Å². The first-order valence-corrected chi connectivity index (χ1v) is 4.49. The van der Waals surface area contributed by atoms with Crippen LogP contribution in [0.15, 0.2) is 22.7 Å². The lowest BCUT2D eigenvalue weighted by atomic mass is 10.1. The predicted octanol–water partition coefficient (Wildman–Crippen LogP) is 3.50. The van der Waals surface area contributed by atoms with E-state index in [0.717, 1.165) is 6.07 Å². The minimum Gasteiger partial charge on any atom is -0.284 e. The van der Waals surface area contributed by atoms with Crippen LogP contribution in [0.1, 0.15) is 15.9 Å². The maximum atomic E-state index is 12.0. The molecule has 0 bridgehead atoms. The molecule has 14 heavy (non-hydrogen) atoms. The van der Waals surface area contributed by atoms with Crippen molar-refractivity contribution in [3.05, 3.63) is 33.8 Å². The fraction of sp³-hybridized carbons (Fsp3) is 0.222. The Morgan fingerprint density at radius 1 is 1.29 bits per heavy atom. The molecule has 1 nitrogen and oxygen atoms in total. The molecule has 5 heteroatoms. The number of hydrogen-bond acceptors (Lipinski definition) is 1. The molecular formula is C9H6BrF3O. The zero-order chi connectivity index (χ0) is 10.9. The Hall–Kier alpha value is -0.840. The molecule has 0 atom stereocenters. The first kappa shape index (κ1) is 11.2. The van der Waals surface area contributed by atoms with Crippen molar-refractivity contribution in [2.24, 2.45) is 0 Å². The van der Waals surface area contributed by atoms with Crippen LogP contribution in [0.3, 0.4) is 0 Å². The van der Waals surface area contributed by atoms with Gasteiger partial charge in [-0.15, -0.1) is 0 Å². The highest BCUT2D eigenvalue weighted by Gasteiger charge is 2.39. The van der Waals surface area contributed by atoms with E-state index in [1.165, 1.54) is 6.07 Å². The summed E-state index contributed by atoms with van der Waals surface area (Å²) in [6.07, 6.45) is -4.81. The summed E-state index contributed by atoms with van der Waals surface area (Å²) in [6, 6.07) is 4.00. The third kappa shape index (κ3) is 2.57. The Balaban J connectivity index is 3.14. The molecule has 0 aromatic heterocycles. The van der Waals surface area contributed by atoms with Gasteiger partial charge in [0.2, 0.25) is 0 Å². The van der Waals surface area contributed by atoms with E-state index >= 15 is 0 Å². The summed E-state index contributed by atoms with van der Waals surface area (Å²) in [5.41, 5.74) is 0.261. The molecule has 0 amide bonds. The maximum Gasteiger partial charge on any atom is 0.454 e. The molecule has 1 aromatic carbocycles. The Labute approximate surface area is 87.1 Å². The quantitative estimate of drug-likeness (QED) is 0.711. The standard InChI is InChI=1S/C9H6BrF3O/c1-5-2-6(4-7(10)3-5)8(14)9(11,12)13/h2-4H,1H3. The topological polar surface area (TPSA) is 17.1 Å². The van der Waals surface area contributed by atoms with Crippen molar-refractivity contribution in [3.63, 3.8) is 0 Å². The van der Waals surface area contributed by atoms with Gasteiger partial charge < -0.3 is 0 Å². The first-order valence-electron chi connectivity index (χ1n) is 3.69. The average molecular weight is 267 g/mol. The second-order valence-electron chi connectivity index (χ2n) is 2.84. The number of alkyl halides is 3. The number of benzene rings is 1. The summed E-state index contributed by atoms with van der Waals surface area (Å²) in [6.45, 7) is 1.62. The highest BCUT2D eigenvalue weighted by Crippen LogP contribution is 2.24. The number of carbonyl (C=O) groups is 1. The molecule has 0 unspecified atom stereocenters. The molecule has 1 rings (SSSR count). The molecular weight excluding hydrogens is 261 g/mol. The molecule has 76 valence electrons. The summed E-state index contributed by atoms with van der Waals surface area (Å²) in [5.74, 6) is -1.82. The monoisotopic (exact) mass is 266 g/mol. The van der Waals surface area contributed by atoms with Crippen molar-refractivity contribution >= 4 is 21.7 Å². The van der Waals surface area contributed by atoms with Gasteiger partial charge >= 0.3 is 6.18 Å². The first-order chi connectivity index (χ1) is 6.30. The number of aryl methyl sites for hydroxylation is 1. The molecule has 0 saturated carbocycles. The number of Topliss-reactive ketones (excluding diaryl/α,β-unsaturated/α-hetero) is 1. The molecule has 0 heterocycles.